The Balaban J connectivity index is 0.000000240. The Morgan fingerprint density at radius 2 is 1.71 bits per heavy atom. The molecule has 1 aromatic carbocycles. The lowest BCUT2D eigenvalue weighted by Gasteiger charge is -2.11. The van der Waals surface area contributed by atoms with Crippen LogP contribution in [-0.4, -0.2) is 75.0 Å². The average molecular weight is 346 g/mol. The quantitative estimate of drug-likeness (QED) is 0.570. The predicted molar refractivity (Wildman–Crippen MR) is 85.1 cm³/mol. The van der Waals surface area contributed by atoms with Gasteiger partial charge in [0.25, 0.3) is 0 Å². The summed E-state index contributed by atoms with van der Waals surface area (Å²) >= 11 is 0. The van der Waals surface area contributed by atoms with Gasteiger partial charge in [0.05, 0.1) is 33.0 Å². The van der Waals surface area contributed by atoms with Crippen LogP contribution in [0.15, 0.2) is 18.2 Å². The molecule has 2 rings (SSSR count). The molecule has 8 nitrogen and oxygen atoms in total. The van der Waals surface area contributed by atoms with Crippen LogP contribution in [0.3, 0.4) is 0 Å². The molecule has 138 valence electrons. The molecule has 0 aromatic heterocycles. The summed E-state index contributed by atoms with van der Waals surface area (Å²) in [5.41, 5.74) is 1.10. The SMILES string of the molecule is COCC(O)COCC(O)CO.COCc1ccc2c(c1)OCO2. The summed E-state index contributed by atoms with van der Waals surface area (Å²) in [5, 5.41) is 26.2. The lowest BCUT2D eigenvalue weighted by molar-refractivity contribution is -0.0417. The first kappa shape index (κ1) is 20.6. The van der Waals surface area contributed by atoms with E-state index in [9.17, 15) is 0 Å². The van der Waals surface area contributed by atoms with Crippen LogP contribution < -0.4 is 9.47 Å². The van der Waals surface area contributed by atoms with Crippen LogP contribution >= 0.6 is 0 Å². The highest BCUT2D eigenvalue weighted by Gasteiger charge is 2.12. The number of benzene rings is 1. The molecule has 0 radical (unpaired) electrons. The van der Waals surface area contributed by atoms with E-state index in [0.717, 1.165) is 17.1 Å². The lowest BCUT2D eigenvalue weighted by atomic mass is 10.2. The van der Waals surface area contributed by atoms with E-state index in [0.29, 0.717) is 13.4 Å². The minimum absolute atomic E-state index is 0.0251. The highest BCUT2D eigenvalue weighted by molar-refractivity contribution is 5.44. The second kappa shape index (κ2) is 12.0. The van der Waals surface area contributed by atoms with Crippen molar-refractivity contribution in [2.45, 2.75) is 18.8 Å². The first-order valence-electron chi connectivity index (χ1n) is 7.51. The van der Waals surface area contributed by atoms with Gasteiger partial charge in [0.2, 0.25) is 6.79 Å². The van der Waals surface area contributed by atoms with Gasteiger partial charge in [0.1, 0.15) is 12.2 Å². The Kier molecular flexibility index (Phi) is 10.3. The largest absolute Gasteiger partial charge is 0.454 e. The van der Waals surface area contributed by atoms with Gasteiger partial charge in [0.15, 0.2) is 11.5 Å². The Hall–Kier alpha value is -1.42. The lowest BCUT2D eigenvalue weighted by Crippen LogP contribution is -2.26. The number of aliphatic hydroxyl groups is 3. The normalized spacial score (nSPS) is 14.7. The van der Waals surface area contributed by atoms with E-state index in [2.05, 4.69) is 4.74 Å². The van der Waals surface area contributed by atoms with E-state index in [4.69, 9.17) is 34.3 Å². The van der Waals surface area contributed by atoms with Crippen molar-refractivity contribution in [2.24, 2.45) is 0 Å². The summed E-state index contributed by atoms with van der Waals surface area (Å²) in [5.74, 6) is 1.62. The van der Waals surface area contributed by atoms with Crippen molar-refractivity contribution < 1.29 is 39.0 Å². The van der Waals surface area contributed by atoms with E-state index in [1.165, 1.54) is 7.11 Å². The van der Waals surface area contributed by atoms with Crippen LogP contribution in [0.1, 0.15) is 5.56 Å². The first-order valence-corrected chi connectivity index (χ1v) is 7.51. The van der Waals surface area contributed by atoms with E-state index in [1.54, 1.807) is 7.11 Å². The number of hydrogen-bond acceptors (Lipinski definition) is 8. The van der Waals surface area contributed by atoms with Crippen LogP contribution in [0.25, 0.3) is 0 Å². The van der Waals surface area contributed by atoms with Crippen molar-refractivity contribution in [1.29, 1.82) is 0 Å². The highest BCUT2D eigenvalue weighted by atomic mass is 16.7. The Morgan fingerprint density at radius 1 is 1.00 bits per heavy atom. The fourth-order valence-corrected chi connectivity index (χ4v) is 1.83. The Bertz CT molecular complexity index is 454. The van der Waals surface area contributed by atoms with Crippen LogP contribution in [0.5, 0.6) is 11.5 Å². The predicted octanol–water partition coefficient (Wildman–Crippen LogP) is -0.0748. The zero-order valence-corrected chi connectivity index (χ0v) is 14.0. The third kappa shape index (κ3) is 7.91. The molecule has 0 amide bonds. The number of fused-ring (bicyclic) bond motifs is 1. The van der Waals surface area contributed by atoms with Crippen LogP contribution in [0.2, 0.25) is 0 Å². The summed E-state index contributed by atoms with van der Waals surface area (Å²) in [6.45, 7) is 0.931. The third-order valence-corrected chi connectivity index (χ3v) is 2.94. The zero-order valence-electron chi connectivity index (χ0n) is 14.0. The molecule has 2 unspecified atom stereocenters. The molecule has 1 aromatic rings. The van der Waals surface area contributed by atoms with Gasteiger partial charge in [-0.1, -0.05) is 6.07 Å². The number of methoxy groups -OCH3 is 2. The fourth-order valence-electron chi connectivity index (χ4n) is 1.83. The maximum atomic E-state index is 9.04. The number of rotatable bonds is 9. The van der Waals surface area contributed by atoms with Crippen molar-refractivity contribution in [1.82, 2.24) is 0 Å². The smallest absolute Gasteiger partial charge is 0.231 e. The topological polar surface area (TPSA) is 107 Å². The number of hydrogen-bond donors (Lipinski definition) is 3. The minimum atomic E-state index is -0.875. The maximum Gasteiger partial charge on any atom is 0.231 e. The molecule has 1 aliphatic heterocycles. The van der Waals surface area contributed by atoms with Gasteiger partial charge in [-0.15, -0.1) is 0 Å². The molecular weight excluding hydrogens is 320 g/mol. The van der Waals surface area contributed by atoms with E-state index in [1.807, 2.05) is 18.2 Å². The van der Waals surface area contributed by atoms with E-state index >= 15 is 0 Å². The molecule has 0 saturated carbocycles. The Morgan fingerprint density at radius 3 is 2.38 bits per heavy atom. The molecule has 2 atom stereocenters. The molecule has 1 heterocycles. The van der Waals surface area contributed by atoms with Crippen molar-refractivity contribution >= 4 is 0 Å². The van der Waals surface area contributed by atoms with Gasteiger partial charge >= 0.3 is 0 Å². The van der Waals surface area contributed by atoms with Crippen molar-refractivity contribution in [2.75, 3.05) is 47.4 Å². The molecule has 0 aliphatic carbocycles. The molecule has 8 heteroatoms. The fraction of sp³-hybridized carbons (Fsp3) is 0.625. The highest BCUT2D eigenvalue weighted by Crippen LogP contribution is 2.32. The molecule has 0 fully saturated rings. The second-order valence-corrected chi connectivity index (χ2v) is 5.10. The molecule has 3 N–H and O–H groups in total. The zero-order chi connectivity index (χ0) is 17.8. The third-order valence-electron chi connectivity index (χ3n) is 2.94. The summed E-state index contributed by atoms with van der Waals surface area (Å²) in [6, 6.07) is 5.81. The minimum Gasteiger partial charge on any atom is -0.454 e. The Labute approximate surface area is 141 Å². The first-order chi connectivity index (χ1) is 11.6. The molecule has 0 bridgehead atoms. The second-order valence-electron chi connectivity index (χ2n) is 5.10. The summed E-state index contributed by atoms with van der Waals surface area (Å²) in [6.07, 6.45) is -1.55. The summed E-state index contributed by atoms with van der Waals surface area (Å²) in [4.78, 5) is 0. The van der Waals surface area contributed by atoms with Gasteiger partial charge in [-0.25, -0.2) is 0 Å². The van der Waals surface area contributed by atoms with Crippen molar-refractivity contribution in [3.05, 3.63) is 23.8 Å². The van der Waals surface area contributed by atoms with Gasteiger partial charge in [-0.3, -0.25) is 0 Å². The van der Waals surface area contributed by atoms with Gasteiger partial charge in [0, 0.05) is 14.2 Å². The summed E-state index contributed by atoms with van der Waals surface area (Å²) < 4.78 is 24.9. The standard InChI is InChI=1S/C9H10O3.C7H16O5/c1-10-5-7-2-3-8-9(4-7)12-6-11-8;1-11-3-7(10)5-12-4-6(9)2-8/h2-4H,5-6H2,1H3;6-10H,2-5H2,1H3. The van der Waals surface area contributed by atoms with Gasteiger partial charge < -0.3 is 39.0 Å². The van der Waals surface area contributed by atoms with Crippen LogP contribution in [0, 0.1) is 0 Å². The number of aliphatic hydroxyl groups excluding tert-OH is 3. The maximum absolute atomic E-state index is 9.04. The molecule has 1 aliphatic rings. The van der Waals surface area contributed by atoms with Crippen LogP contribution in [-0.2, 0) is 20.8 Å². The van der Waals surface area contributed by atoms with E-state index < -0.39 is 12.2 Å². The van der Waals surface area contributed by atoms with Gasteiger partial charge in [-0.05, 0) is 17.7 Å². The molecule has 24 heavy (non-hydrogen) atoms. The van der Waals surface area contributed by atoms with Crippen molar-refractivity contribution in [3.63, 3.8) is 0 Å². The van der Waals surface area contributed by atoms with Gasteiger partial charge in [-0.2, -0.15) is 0 Å². The molecular formula is C16H26O8. The number of ether oxygens (including phenoxy) is 5. The average Bonchev–Trinajstić information content (AvgIpc) is 3.03. The van der Waals surface area contributed by atoms with Crippen LogP contribution in [0.4, 0.5) is 0 Å². The summed E-state index contributed by atoms with van der Waals surface area (Å²) in [7, 11) is 3.15. The monoisotopic (exact) mass is 346 g/mol. The molecule has 0 spiro atoms. The van der Waals surface area contributed by atoms with Crippen molar-refractivity contribution in [3.8, 4) is 11.5 Å². The van der Waals surface area contributed by atoms with E-state index in [-0.39, 0.29) is 26.4 Å². The molecule has 0 saturated heterocycles.